The molecule has 4 nitrogen and oxygen atoms in total. The van der Waals surface area contributed by atoms with E-state index in [0.29, 0.717) is 31.3 Å². The molecular weight excluding hydrogens is 312 g/mol. The molecule has 1 aromatic heterocycles. The van der Waals surface area contributed by atoms with Gasteiger partial charge in [0, 0.05) is 36.5 Å². The van der Waals surface area contributed by atoms with Crippen molar-refractivity contribution in [3.8, 4) is 0 Å². The lowest BCUT2D eigenvalue weighted by atomic mass is 9.99. The minimum absolute atomic E-state index is 0.0779. The Morgan fingerprint density at radius 3 is 2.84 bits per heavy atom. The number of amides is 1. The van der Waals surface area contributed by atoms with Crippen molar-refractivity contribution in [2.45, 2.75) is 45.1 Å². The average Bonchev–Trinajstić information content (AvgIpc) is 3.25. The van der Waals surface area contributed by atoms with Gasteiger partial charge in [0.15, 0.2) is 0 Å². The summed E-state index contributed by atoms with van der Waals surface area (Å²) in [5, 5.41) is 11.5. The third kappa shape index (κ3) is 3.69. The van der Waals surface area contributed by atoms with E-state index < -0.39 is 6.10 Å². The lowest BCUT2D eigenvalue weighted by Crippen LogP contribution is -2.29. The van der Waals surface area contributed by atoms with Crippen LogP contribution in [-0.4, -0.2) is 40.1 Å². The molecule has 2 fully saturated rings. The number of carbonyl (C=O) groups excluding carboxylic acids is 1. The van der Waals surface area contributed by atoms with Crippen molar-refractivity contribution in [1.82, 2.24) is 9.88 Å². The van der Waals surface area contributed by atoms with E-state index in [1.54, 1.807) is 0 Å². The Morgan fingerprint density at radius 1 is 1.24 bits per heavy atom. The Labute approximate surface area is 148 Å². The highest BCUT2D eigenvalue weighted by Gasteiger charge is 2.39. The molecule has 1 N–H and O–H groups in total. The molecule has 1 saturated carbocycles. The van der Waals surface area contributed by atoms with Gasteiger partial charge in [-0.2, -0.15) is 0 Å². The summed E-state index contributed by atoms with van der Waals surface area (Å²) in [4.78, 5) is 19.0. The van der Waals surface area contributed by atoms with Gasteiger partial charge in [0.05, 0.1) is 11.6 Å². The van der Waals surface area contributed by atoms with E-state index in [0.717, 1.165) is 23.0 Å². The fourth-order valence-corrected chi connectivity index (χ4v) is 3.78. The minimum Gasteiger partial charge on any atom is -0.391 e. The summed E-state index contributed by atoms with van der Waals surface area (Å²) in [5.41, 5.74) is 2.38. The number of pyridine rings is 1. The van der Waals surface area contributed by atoms with Gasteiger partial charge < -0.3 is 10.0 Å². The molecular formula is C21H26N2O2. The Bertz CT molecular complexity index is 784. The second-order valence-electron chi connectivity index (χ2n) is 8.14. The minimum atomic E-state index is -0.450. The molecule has 2 aliphatic rings. The van der Waals surface area contributed by atoms with Crippen LogP contribution in [0.1, 0.15) is 38.3 Å². The molecule has 0 bridgehead atoms. The van der Waals surface area contributed by atoms with Gasteiger partial charge in [-0.3, -0.25) is 9.78 Å². The third-order valence-electron chi connectivity index (χ3n) is 5.93. The maximum atomic E-state index is 12.4. The van der Waals surface area contributed by atoms with Gasteiger partial charge >= 0.3 is 0 Å². The summed E-state index contributed by atoms with van der Waals surface area (Å²) in [6, 6.07) is 12.2. The molecule has 2 atom stereocenters. The van der Waals surface area contributed by atoms with Gasteiger partial charge in [0.25, 0.3) is 0 Å². The number of β-amino-alcohol motifs (C(OH)–C–C–N with tert-alkyl or cyclic N) is 1. The normalized spacial score (nSPS) is 24.6. The number of para-hydroxylation sites is 1. The number of nitrogens with zero attached hydrogens (tertiary/aromatic N) is 2. The SMILES string of the molecule is CC1(CCC(=O)N2CC(O)C(Cc3ccc4ccccc4n3)C2)CC1. The van der Waals surface area contributed by atoms with Crippen LogP contribution in [0.5, 0.6) is 0 Å². The summed E-state index contributed by atoms with van der Waals surface area (Å²) < 4.78 is 0. The van der Waals surface area contributed by atoms with Crippen LogP contribution >= 0.6 is 0 Å². The predicted octanol–water partition coefficient (Wildman–Crippen LogP) is 3.18. The molecule has 4 heteroatoms. The number of benzene rings is 1. The second kappa shape index (κ2) is 6.41. The van der Waals surface area contributed by atoms with Crippen molar-refractivity contribution in [3.63, 3.8) is 0 Å². The number of aliphatic hydroxyl groups is 1. The zero-order valence-corrected chi connectivity index (χ0v) is 14.8. The number of aromatic nitrogens is 1. The molecule has 1 aliphatic heterocycles. The van der Waals surface area contributed by atoms with Gasteiger partial charge in [-0.05, 0) is 43.2 Å². The van der Waals surface area contributed by atoms with Crippen LogP contribution in [0.25, 0.3) is 10.9 Å². The average molecular weight is 338 g/mol. The number of likely N-dealkylation sites (tertiary alicyclic amines) is 1. The van der Waals surface area contributed by atoms with Crippen molar-refractivity contribution in [3.05, 3.63) is 42.1 Å². The highest BCUT2D eigenvalue weighted by molar-refractivity contribution is 5.78. The van der Waals surface area contributed by atoms with E-state index in [2.05, 4.69) is 19.1 Å². The summed E-state index contributed by atoms with van der Waals surface area (Å²) in [7, 11) is 0. The number of rotatable bonds is 5. The standard InChI is InChI=1S/C21H26N2O2/c1-21(10-11-21)9-8-20(25)23-13-16(19(24)14-23)12-17-7-6-15-4-2-3-5-18(15)22-17/h2-7,16,19,24H,8-14H2,1H3. The fourth-order valence-electron chi connectivity index (χ4n) is 3.78. The van der Waals surface area contributed by atoms with E-state index in [-0.39, 0.29) is 11.8 Å². The number of fused-ring (bicyclic) bond motifs is 1. The molecule has 1 aliphatic carbocycles. The van der Waals surface area contributed by atoms with E-state index in [4.69, 9.17) is 4.98 Å². The van der Waals surface area contributed by atoms with E-state index in [1.807, 2.05) is 29.2 Å². The zero-order valence-electron chi connectivity index (χ0n) is 14.8. The molecule has 132 valence electrons. The number of hydrogen-bond donors (Lipinski definition) is 1. The molecule has 2 aromatic rings. The van der Waals surface area contributed by atoms with Crippen molar-refractivity contribution in [1.29, 1.82) is 0 Å². The Kier molecular flexibility index (Phi) is 4.24. The quantitative estimate of drug-likeness (QED) is 0.911. The monoisotopic (exact) mass is 338 g/mol. The summed E-state index contributed by atoms with van der Waals surface area (Å²) in [6.45, 7) is 3.37. The van der Waals surface area contributed by atoms with Gasteiger partial charge in [-0.15, -0.1) is 0 Å². The first-order chi connectivity index (χ1) is 12.0. The van der Waals surface area contributed by atoms with Crippen molar-refractivity contribution in [2.75, 3.05) is 13.1 Å². The largest absolute Gasteiger partial charge is 0.391 e. The molecule has 1 aromatic carbocycles. The molecule has 0 spiro atoms. The molecule has 2 heterocycles. The van der Waals surface area contributed by atoms with E-state index in [1.165, 1.54) is 12.8 Å². The molecule has 1 saturated heterocycles. The lowest BCUT2D eigenvalue weighted by Gasteiger charge is -2.17. The van der Waals surface area contributed by atoms with Gasteiger partial charge in [0.1, 0.15) is 0 Å². The van der Waals surface area contributed by atoms with Gasteiger partial charge in [0.2, 0.25) is 5.91 Å². The summed E-state index contributed by atoms with van der Waals surface area (Å²) in [5.74, 6) is 0.273. The zero-order chi connectivity index (χ0) is 17.4. The van der Waals surface area contributed by atoms with Gasteiger partial charge in [-0.1, -0.05) is 31.2 Å². The first kappa shape index (κ1) is 16.5. The Balaban J connectivity index is 1.38. The Hall–Kier alpha value is -1.94. The molecule has 2 unspecified atom stereocenters. The molecule has 1 amide bonds. The topological polar surface area (TPSA) is 53.4 Å². The first-order valence-corrected chi connectivity index (χ1v) is 9.33. The van der Waals surface area contributed by atoms with E-state index in [9.17, 15) is 9.90 Å². The number of hydrogen-bond acceptors (Lipinski definition) is 3. The predicted molar refractivity (Wildman–Crippen MR) is 98.1 cm³/mol. The van der Waals surface area contributed by atoms with Gasteiger partial charge in [-0.25, -0.2) is 0 Å². The van der Waals surface area contributed by atoms with Crippen LogP contribution in [0.4, 0.5) is 0 Å². The van der Waals surface area contributed by atoms with E-state index >= 15 is 0 Å². The maximum Gasteiger partial charge on any atom is 0.222 e. The van der Waals surface area contributed by atoms with Crippen molar-refractivity contribution >= 4 is 16.8 Å². The van der Waals surface area contributed by atoms with Crippen LogP contribution in [0.3, 0.4) is 0 Å². The van der Waals surface area contributed by atoms with Crippen LogP contribution in [0.2, 0.25) is 0 Å². The number of carbonyl (C=O) groups is 1. The highest BCUT2D eigenvalue weighted by atomic mass is 16.3. The highest BCUT2D eigenvalue weighted by Crippen LogP contribution is 2.49. The fraction of sp³-hybridized carbons (Fsp3) is 0.524. The summed E-state index contributed by atoms with van der Waals surface area (Å²) in [6.07, 6.45) is 4.36. The second-order valence-corrected chi connectivity index (χ2v) is 8.14. The van der Waals surface area contributed by atoms with Crippen molar-refractivity contribution in [2.24, 2.45) is 11.3 Å². The smallest absolute Gasteiger partial charge is 0.222 e. The van der Waals surface area contributed by atoms with Crippen LogP contribution in [-0.2, 0) is 11.2 Å². The Morgan fingerprint density at radius 2 is 2.04 bits per heavy atom. The molecule has 4 rings (SSSR count). The lowest BCUT2D eigenvalue weighted by molar-refractivity contribution is -0.130. The van der Waals surface area contributed by atoms with Crippen molar-refractivity contribution < 1.29 is 9.90 Å². The maximum absolute atomic E-state index is 12.4. The number of aliphatic hydroxyl groups excluding tert-OH is 1. The van der Waals surface area contributed by atoms with Crippen LogP contribution in [0.15, 0.2) is 36.4 Å². The van der Waals surface area contributed by atoms with Crippen LogP contribution in [0, 0.1) is 11.3 Å². The third-order valence-corrected chi connectivity index (χ3v) is 5.93. The van der Waals surface area contributed by atoms with Crippen LogP contribution < -0.4 is 0 Å². The first-order valence-electron chi connectivity index (χ1n) is 9.33. The summed E-state index contributed by atoms with van der Waals surface area (Å²) >= 11 is 0. The molecule has 0 radical (unpaired) electrons. The molecule has 25 heavy (non-hydrogen) atoms.